The van der Waals surface area contributed by atoms with Crippen molar-refractivity contribution < 1.29 is 8.78 Å². The number of imidazole rings is 1. The number of halogens is 2. The Bertz CT molecular complexity index is 630. The fourth-order valence-corrected chi connectivity index (χ4v) is 3.72. The van der Waals surface area contributed by atoms with Gasteiger partial charge in [-0.2, -0.15) is 0 Å². The van der Waals surface area contributed by atoms with E-state index < -0.39 is 11.6 Å². The lowest BCUT2D eigenvalue weighted by atomic mass is 10.1. The third-order valence-corrected chi connectivity index (χ3v) is 4.51. The molecule has 0 amide bonds. The van der Waals surface area contributed by atoms with Gasteiger partial charge in [0.25, 0.3) is 0 Å². The highest BCUT2D eigenvalue weighted by Gasteiger charge is 2.19. The van der Waals surface area contributed by atoms with E-state index in [9.17, 15) is 8.78 Å². The van der Waals surface area contributed by atoms with Gasteiger partial charge in [0, 0.05) is 23.9 Å². The number of hydrogen-bond donors (Lipinski definition) is 0. The van der Waals surface area contributed by atoms with E-state index in [0.717, 1.165) is 42.0 Å². The van der Waals surface area contributed by atoms with Crippen LogP contribution in [0, 0.1) is 11.6 Å². The molecule has 2 rings (SSSR count). The van der Waals surface area contributed by atoms with E-state index in [-0.39, 0.29) is 5.92 Å². The molecule has 0 atom stereocenters. The Kier molecular flexibility index (Phi) is 5.62. The highest BCUT2D eigenvalue weighted by atomic mass is 32.2. The van der Waals surface area contributed by atoms with Crippen molar-refractivity contribution in [3.8, 4) is 0 Å². The van der Waals surface area contributed by atoms with Crippen molar-refractivity contribution in [1.29, 1.82) is 0 Å². The van der Waals surface area contributed by atoms with Crippen molar-refractivity contribution >= 4 is 11.8 Å². The van der Waals surface area contributed by atoms with Gasteiger partial charge in [0.2, 0.25) is 0 Å². The monoisotopic (exact) mass is 324 g/mol. The van der Waals surface area contributed by atoms with E-state index >= 15 is 0 Å². The average Bonchev–Trinajstić information content (AvgIpc) is 2.76. The topological polar surface area (TPSA) is 17.8 Å². The fraction of sp³-hybridized carbons (Fsp3) is 0.471. The minimum Gasteiger partial charge on any atom is -0.323 e. The molecule has 0 radical (unpaired) electrons. The Morgan fingerprint density at radius 3 is 2.27 bits per heavy atom. The Morgan fingerprint density at radius 2 is 1.77 bits per heavy atom. The Labute approximate surface area is 135 Å². The van der Waals surface area contributed by atoms with Crippen molar-refractivity contribution in [1.82, 2.24) is 9.55 Å². The molecular weight excluding hydrogens is 302 g/mol. The summed E-state index contributed by atoms with van der Waals surface area (Å²) in [5.74, 6) is 0.215. The van der Waals surface area contributed by atoms with Crippen LogP contribution in [0.2, 0.25) is 0 Å². The van der Waals surface area contributed by atoms with E-state index in [1.165, 1.54) is 23.9 Å². The number of aryl methyl sites for hydroxylation is 1. The summed E-state index contributed by atoms with van der Waals surface area (Å²) in [7, 11) is 0. The molecular formula is C17H22F2N2S. The van der Waals surface area contributed by atoms with Gasteiger partial charge < -0.3 is 4.57 Å². The lowest BCUT2D eigenvalue weighted by molar-refractivity contribution is 0.577. The van der Waals surface area contributed by atoms with Crippen LogP contribution in [-0.4, -0.2) is 9.55 Å². The molecule has 0 fully saturated rings. The van der Waals surface area contributed by atoms with Crippen LogP contribution in [0.15, 0.2) is 28.1 Å². The van der Waals surface area contributed by atoms with Gasteiger partial charge in [-0.25, -0.2) is 13.8 Å². The molecule has 0 spiro atoms. The van der Waals surface area contributed by atoms with Gasteiger partial charge in [0.15, 0.2) is 0 Å². The van der Waals surface area contributed by atoms with E-state index in [4.69, 9.17) is 4.98 Å². The van der Waals surface area contributed by atoms with Gasteiger partial charge >= 0.3 is 0 Å². The first-order valence-corrected chi connectivity index (χ1v) is 8.51. The average molecular weight is 324 g/mol. The molecule has 1 aromatic heterocycles. The van der Waals surface area contributed by atoms with Crippen LogP contribution >= 0.6 is 11.8 Å². The van der Waals surface area contributed by atoms with Gasteiger partial charge in [-0.15, -0.1) is 0 Å². The summed E-state index contributed by atoms with van der Waals surface area (Å²) in [5.41, 5.74) is 1.000. The number of aromatic nitrogens is 2. The summed E-state index contributed by atoms with van der Waals surface area (Å²) in [6, 6.07) is 3.63. The zero-order valence-corrected chi connectivity index (χ0v) is 14.3. The van der Waals surface area contributed by atoms with Crippen LogP contribution in [0.5, 0.6) is 0 Å². The summed E-state index contributed by atoms with van der Waals surface area (Å²) < 4.78 is 29.0. The van der Waals surface area contributed by atoms with Gasteiger partial charge in [0.1, 0.15) is 22.5 Å². The van der Waals surface area contributed by atoms with Crippen molar-refractivity contribution in [2.24, 2.45) is 0 Å². The summed E-state index contributed by atoms with van der Waals surface area (Å²) in [5, 5.41) is 0.992. The molecule has 120 valence electrons. The van der Waals surface area contributed by atoms with Crippen LogP contribution in [0.1, 0.15) is 51.6 Å². The molecule has 0 aliphatic heterocycles. The number of hydrogen-bond acceptors (Lipinski definition) is 2. The highest BCUT2D eigenvalue weighted by molar-refractivity contribution is 7.99. The molecule has 1 heterocycles. The SMILES string of the molecule is CCCc1nc(C(C)C)c(Sc2cc(F)cc(F)c2)n1CC. The molecule has 0 aliphatic carbocycles. The predicted molar refractivity (Wildman–Crippen MR) is 86.5 cm³/mol. The zero-order valence-electron chi connectivity index (χ0n) is 13.5. The maximum absolute atomic E-state index is 13.4. The number of rotatable bonds is 6. The van der Waals surface area contributed by atoms with Gasteiger partial charge in [0.05, 0.1) is 5.69 Å². The first-order chi connectivity index (χ1) is 10.5. The van der Waals surface area contributed by atoms with Crippen molar-refractivity contribution in [3.05, 3.63) is 41.4 Å². The first kappa shape index (κ1) is 17.0. The second-order valence-corrected chi connectivity index (χ2v) is 6.64. The zero-order chi connectivity index (χ0) is 16.3. The Hall–Kier alpha value is -1.36. The van der Waals surface area contributed by atoms with Gasteiger partial charge in [-0.1, -0.05) is 32.5 Å². The summed E-state index contributed by atoms with van der Waals surface area (Å²) in [4.78, 5) is 5.33. The Balaban J connectivity index is 2.47. The van der Waals surface area contributed by atoms with Crippen molar-refractivity contribution in [2.75, 3.05) is 0 Å². The van der Waals surface area contributed by atoms with Gasteiger partial charge in [-0.3, -0.25) is 0 Å². The van der Waals surface area contributed by atoms with E-state index in [2.05, 4.69) is 32.3 Å². The molecule has 2 aromatic rings. The minimum atomic E-state index is -0.551. The van der Waals surface area contributed by atoms with E-state index in [1.807, 2.05) is 0 Å². The second-order valence-electron chi connectivity index (χ2n) is 5.57. The van der Waals surface area contributed by atoms with Gasteiger partial charge in [-0.05, 0) is 31.4 Å². The lowest BCUT2D eigenvalue weighted by Crippen LogP contribution is -2.03. The van der Waals surface area contributed by atoms with E-state index in [1.54, 1.807) is 0 Å². The smallest absolute Gasteiger partial charge is 0.127 e. The molecule has 0 unspecified atom stereocenters. The predicted octanol–water partition coefficient (Wildman–Crippen LogP) is 5.41. The molecule has 0 N–H and O–H groups in total. The molecule has 0 saturated carbocycles. The van der Waals surface area contributed by atoms with Crippen molar-refractivity contribution in [2.45, 2.75) is 62.9 Å². The molecule has 2 nitrogen and oxygen atoms in total. The Morgan fingerprint density at radius 1 is 1.14 bits per heavy atom. The van der Waals surface area contributed by atoms with Crippen LogP contribution in [0.25, 0.3) is 0 Å². The molecule has 1 aromatic carbocycles. The summed E-state index contributed by atoms with van der Waals surface area (Å²) >= 11 is 1.39. The fourth-order valence-electron chi connectivity index (χ4n) is 2.43. The second kappa shape index (κ2) is 7.27. The summed E-state index contributed by atoms with van der Waals surface area (Å²) in [6.07, 6.45) is 1.93. The third kappa shape index (κ3) is 3.69. The molecule has 5 heteroatoms. The van der Waals surface area contributed by atoms with Crippen LogP contribution < -0.4 is 0 Å². The largest absolute Gasteiger partial charge is 0.323 e. The quantitative estimate of drug-likeness (QED) is 0.707. The standard InChI is InChI=1S/C17H22F2N2S/c1-5-7-15-20-16(11(3)4)17(21(15)6-2)22-14-9-12(18)8-13(19)10-14/h8-11H,5-7H2,1-4H3. The number of benzene rings is 1. The normalized spacial score (nSPS) is 11.4. The van der Waals surface area contributed by atoms with Crippen molar-refractivity contribution in [3.63, 3.8) is 0 Å². The highest BCUT2D eigenvalue weighted by Crippen LogP contribution is 2.35. The molecule has 22 heavy (non-hydrogen) atoms. The third-order valence-electron chi connectivity index (χ3n) is 3.41. The summed E-state index contributed by atoms with van der Waals surface area (Å²) in [6.45, 7) is 9.18. The lowest BCUT2D eigenvalue weighted by Gasteiger charge is -2.11. The minimum absolute atomic E-state index is 0.268. The van der Waals surface area contributed by atoms with Crippen LogP contribution in [0.4, 0.5) is 8.78 Å². The maximum Gasteiger partial charge on any atom is 0.127 e. The molecule has 0 saturated heterocycles. The molecule has 0 bridgehead atoms. The van der Waals surface area contributed by atoms with Crippen LogP contribution in [-0.2, 0) is 13.0 Å². The maximum atomic E-state index is 13.4. The first-order valence-electron chi connectivity index (χ1n) is 7.69. The van der Waals surface area contributed by atoms with E-state index in [0.29, 0.717) is 4.90 Å². The molecule has 0 aliphatic rings. The number of nitrogens with zero attached hydrogens (tertiary/aromatic N) is 2. The van der Waals surface area contributed by atoms with Crippen LogP contribution in [0.3, 0.4) is 0 Å².